The van der Waals surface area contributed by atoms with Crippen molar-refractivity contribution in [3.63, 3.8) is 0 Å². The summed E-state index contributed by atoms with van der Waals surface area (Å²) >= 11 is 0. The summed E-state index contributed by atoms with van der Waals surface area (Å²) < 4.78 is 5.22. The Balaban J connectivity index is 4.31. The third-order valence-electron chi connectivity index (χ3n) is 1.57. The highest BCUT2D eigenvalue weighted by atomic mass is 16.6. The Morgan fingerprint density at radius 1 is 1.40 bits per heavy atom. The zero-order chi connectivity index (χ0) is 12.1. The summed E-state index contributed by atoms with van der Waals surface area (Å²) in [4.78, 5) is 21.2. The van der Waals surface area contributed by atoms with Crippen LogP contribution in [0.15, 0.2) is 0 Å². The summed E-state index contributed by atoms with van der Waals surface area (Å²) in [6.07, 6.45) is -1.13. The Morgan fingerprint density at radius 2 is 1.93 bits per heavy atom. The largest absolute Gasteiger partial charge is 0.550 e. The SMILES string of the molecule is C[N+](C)(C)CC(CC(=O)[O-])OC(=O)CO. The molecule has 6 heteroatoms. The third kappa shape index (κ3) is 7.90. The predicted molar refractivity (Wildman–Crippen MR) is 49.5 cm³/mol. The maximum absolute atomic E-state index is 10.8. The van der Waals surface area contributed by atoms with Gasteiger partial charge >= 0.3 is 5.97 Å². The van der Waals surface area contributed by atoms with Gasteiger partial charge in [0.05, 0.1) is 21.1 Å². The van der Waals surface area contributed by atoms with Crippen molar-refractivity contribution in [2.75, 3.05) is 34.3 Å². The molecule has 1 N–H and O–H groups in total. The predicted octanol–water partition coefficient (Wildman–Crippen LogP) is -2.26. The van der Waals surface area contributed by atoms with Crippen LogP contribution in [-0.2, 0) is 14.3 Å². The third-order valence-corrected chi connectivity index (χ3v) is 1.57. The van der Waals surface area contributed by atoms with Crippen molar-refractivity contribution in [2.24, 2.45) is 0 Å². The Bertz CT molecular complexity index is 233. The highest BCUT2D eigenvalue weighted by Crippen LogP contribution is 2.04. The van der Waals surface area contributed by atoms with E-state index in [9.17, 15) is 14.7 Å². The van der Waals surface area contributed by atoms with Gasteiger partial charge in [-0.15, -0.1) is 0 Å². The Kier molecular flexibility index (Phi) is 5.24. The second-order valence-electron chi connectivity index (χ2n) is 4.32. The van der Waals surface area contributed by atoms with Crippen molar-refractivity contribution >= 4 is 11.9 Å². The number of carboxylic acids is 1. The van der Waals surface area contributed by atoms with E-state index >= 15 is 0 Å². The fourth-order valence-electron chi connectivity index (χ4n) is 1.16. The van der Waals surface area contributed by atoms with Gasteiger partial charge in [-0.25, -0.2) is 4.79 Å². The number of carbonyl (C=O) groups is 2. The number of aliphatic carboxylic acids is 1. The van der Waals surface area contributed by atoms with Crippen LogP contribution in [0.4, 0.5) is 0 Å². The number of hydrogen-bond donors (Lipinski definition) is 1. The Labute approximate surface area is 88.7 Å². The lowest BCUT2D eigenvalue weighted by atomic mass is 10.2. The summed E-state index contributed by atoms with van der Waals surface area (Å²) in [5.41, 5.74) is 0. The van der Waals surface area contributed by atoms with E-state index in [4.69, 9.17) is 9.84 Å². The van der Waals surface area contributed by atoms with Crippen LogP contribution in [-0.4, -0.2) is 61.9 Å². The number of esters is 1. The first-order valence-electron chi connectivity index (χ1n) is 4.55. The number of hydrogen-bond acceptors (Lipinski definition) is 5. The number of rotatable bonds is 6. The number of nitrogens with zero attached hydrogens (tertiary/aromatic N) is 1. The minimum atomic E-state index is -1.28. The molecule has 0 spiro atoms. The fraction of sp³-hybridized carbons (Fsp3) is 0.778. The molecule has 88 valence electrons. The number of likely N-dealkylation sites (N-methyl/N-ethyl adjacent to an activating group) is 1. The second-order valence-corrected chi connectivity index (χ2v) is 4.32. The summed E-state index contributed by atoms with van der Waals surface area (Å²) in [5, 5.41) is 18.9. The van der Waals surface area contributed by atoms with Gasteiger partial charge in [0.15, 0.2) is 6.10 Å². The molecular formula is C9H17NO5. The fourth-order valence-corrected chi connectivity index (χ4v) is 1.16. The molecule has 0 aromatic carbocycles. The molecule has 0 amide bonds. The van der Waals surface area contributed by atoms with Gasteiger partial charge < -0.3 is 24.2 Å². The molecule has 0 aliphatic rings. The summed E-state index contributed by atoms with van der Waals surface area (Å²) in [5.74, 6) is -2.10. The zero-order valence-corrected chi connectivity index (χ0v) is 9.23. The van der Waals surface area contributed by atoms with Gasteiger partial charge in [-0.05, 0) is 0 Å². The first kappa shape index (κ1) is 13.9. The van der Waals surface area contributed by atoms with Crippen LogP contribution in [0.25, 0.3) is 0 Å². The number of quaternary nitrogens is 1. The van der Waals surface area contributed by atoms with Gasteiger partial charge in [0, 0.05) is 12.4 Å². The van der Waals surface area contributed by atoms with Crippen LogP contribution in [0, 0.1) is 0 Å². The highest BCUT2D eigenvalue weighted by Gasteiger charge is 2.21. The normalized spacial score (nSPS) is 13.3. The van der Waals surface area contributed by atoms with Crippen molar-refractivity contribution in [3.8, 4) is 0 Å². The lowest BCUT2D eigenvalue weighted by molar-refractivity contribution is -0.873. The molecule has 0 heterocycles. The summed E-state index contributed by atoms with van der Waals surface area (Å²) in [7, 11) is 5.53. The molecule has 0 saturated heterocycles. The van der Waals surface area contributed by atoms with E-state index in [0.717, 1.165) is 0 Å². The maximum atomic E-state index is 10.8. The first-order chi connectivity index (χ1) is 6.74. The molecule has 0 aliphatic heterocycles. The molecule has 15 heavy (non-hydrogen) atoms. The molecule has 0 radical (unpaired) electrons. The standard InChI is InChI=1S/C9H17NO5/c1-10(2,3)5-7(4-8(12)13)15-9(14)6-11/h7,11H,4-6H2,1-3H3. The Hall–Kier alpha value is -1.14. The molecule has 0 fully saturated rings. The van der Waals surface area contributed by atoms with Gasteiger partial charge in [0.2, 0.25) is 0 Å². The molecule has 6 nitrogen and oxygen atoms in total. The number of aliphatic hydroxyl groups is 1. The van der Waals surface area contributed by atoms with E-state index in [1.807, 2.05) is 21.1 Å². The van der Waals surface area contributed by atoms with Crippen LogP contribution in [0.5, 0.6) is 0 Å². The van der Waals surface area contributed by atoms with E-state index in [2.05, 4.69) is 0 Å². The highest BCUT2D eigenvalue weighted by molar-refractivity contribution is 5.71. The molecule has 0 aliphatic carbocycles. The minimum absolute atomic E-state index is 0.347. The van der Waals surface area contributed by atoms with E-state index in [1.54, 1.807) is 0 Å². The average Bonchev–Trinajstić information content (AvgIpc) is 1.99. The van der Waals surface area contributed by atoms with Crippen LogP contribution in [0.2, 0.25) is 0 Å². The molecule has 0 aromatic rings. The molecule has 0 saturated carbocycles. The lowest BCUT2D eigenvalue weighted by Gasteiger charge is -2.29. The van der Waals surface area contributed by atoms with Crippen molar-refractivity contribution in [1.29, 1.82) is 0 Å². The molecule has 0 rings (SSSR count). The van der Waals surface area contributed by atoms with E-state index in [0.29, 0.717) is 11.0 Å². The van der Waals surface area contributed by atoms with Gasteiger partial charge in [-0.2, -0.15) is 0 Å². The second kappa shape index (κ2) is 5.67. The molecule has 0 aromatic heterocycles. The average molecular weight is 219 g/mol. The van der Waals surface area contributed by atoms with Crippen molar-refractivity contribution in [2.45, 2.75) is 12.5 Å². The molecule has 1 unspecified atom stereocenters. The number of aliphatic hydroxyl groups excluding tert-OH is 1. The smallest absolute Gasteiger partial charge is 0.332 e. The lowest BCUT2D eigenvalue weighted by Crippen LogP contribution is -2.45. The van der Waals surface area contributed by atoms with Crippen LogP contribution in [0.1, 0.15) is 6.42 Å². The van der Waals surface area contributed by atoms with Crippen LogP contribution in [0.3, 0.4) is 0 Å². The van der Waals surface area contributed by atoms with E-state index < -0.39 is 24.6 Å². The number of carboxylic acid groups (broad SMARTS) is 1. The van der Waals surface area contributed by atoms with Crippen molar-refractivity contribution in [3.05, 3.63) is 0 Å². The zero-order valence-electron chi connectivity index (χ0n) is 9.23. The molecular weight excluding hydrogens is 202 g/mol. The van der Waals surface area contributed by atoms with Gasteiger partial charge in [-0.1, -0.05) is 0 Å². The Morgan fingerprint density at radius 3 is 2.27 bits per heavy atom. The summed E-state index contributed by atoms with van der Waals surface area (Å²) in [6.45, 7) is -0.402. The summed E-state index contributed by atoms with van der Waals surface area (Å²) in [6, 6.07) is 0. The van der Waals surface area contributed by atoms with Crippen molar-refractivity contribution in [1.82, 2.24) is 0 Å². The van der Waals surface area contributed by atoms with E-state index in [1.165, 1.54) is 0 Å². The van der Waals surface area contributed by atoms with Crippen LogP contribution >= 0.6 is 0 Å². The monoisotopic (exact) mass is 219 g/mol. The van der Waals surface area contributed by atoms with E-state index in [-0.39, 0.29) is 6.42 Å². The topological polar surface area (TPSA) is 86.7 Å². The molecule has 0 bridgehead atoms. The first-order valence-corrected chi connectivity index (χ1v) is 4.55. The van der Waals surface area contributed by atoms with Crippen LogP contribution < -0.4 is 5.11 Å². The number of ether oxygens (including phenoxy) is 1. The molecule has 1 atom stereocenters. The quantitative estimate of drug-likeness (QED) is 0.402. The minimum Gasteiger partial charge on any atom is -0.550 e. The maximum Gasteiger partial charge on any atom is 0.332 e. The number of carbonyl (C=O) groups excluding carboxylic acids is 2. The van der Waals surface area contributed by atoms with Gasteiger partial charge in [0.25, 0.3) is 0 Å². The van der Waals surface area contributed by atoms with Crippen molar-refractivity contribution < 1.29 is 29.0 Å². The van der Waals surface area contributed by atoms with Gasteiger partial charge in [-0.3, -0.25) is 0 Å². The van der Waals surface area contributed by atoms with Gasteiger partial charge in [0.1, 0.15) is 13.2 Å².